The first-order valence-electron chi connectivity index (χ1n) is 14.0. The first-order valence-corrected chi connectivity index (χ1v) is 14.3. The Bertz CT molecular complexity index is 927. The number of fused-ring (bicyclic) bond motifs is 1. The largest absolute Gasteiger partial charge is 0.489 e. The van der Waals surface area contributed by atoms with Gasteiger partial charge in [-0.05, 0) is 31.7 Å². The van der Waals surface area contributed by atoms with Crippen molar-refractivity contribution in [1.82, 2.24) is 0 Å². The molecule has 0 radical (unpaired) electrons. The van der Waals surface area contributed by atoms with Crippen LogP contribution < -0.4 is 18.9 Å². The lowest BCUT2D eigenvalue weighted by Gasteiger charge is -2.23. The van der Waals surface area contributed by atoms with Crippen molar-refractivity contribution >= 4 is 28.3 Å². The first-order chi connectivity index (χ1) is 17.6. The molecule has 2 aromatic carbocycles. The minimum Gasteiger partial charge on any atom is -0.489 e. The molecule has 0 atom stereocenters. The lowest BCUT2D eigenvalue weighted by atomic mass is 10.1. The SMILES string of the molecule is CCCCCCOc1c(OCCCCC)c(OCCCCC)c(OC(=O)CCC)c2cccc(Cl)c12. The molecular weight excluding hydrogens is 476 g/mol. The summed E-state index contributed by atoms with van der Waals surface area (Å²) in [5.74, 6) is 1.56. The van der Waals surface area contributed by atoms with Crippen LogP contribution in [-0.4, -0.2) is 25.8 Å². The van der Waals surface area contributed by atoms with Crippen LogP contribution in [-0.2, 0) is 4.79 Å². The Labute approximate surface area is 222 Å². The van der Waals surface area contributed by atoms with E-state index in [4.69, 9.17) is 30.5 Å². The van der Waals surface area contributed by atoms with E-state index in [1.54, 1.807) is 0 Å². The Morgan fingerprint density at radius 1 is 0.667 bits per heavy atom. The van der Waals surface area contributed by atoms with Crippen LogP contribution in [0.25, 0.3) is 10.8 Å². The van der Waals surface area contributed by atoms with Crippen molar-refractivity contribution in [2.24, 2.45) is 0 Å². The lowest BCUT2D eigenvalue weighted by molar-refractivity contribution is -0.134. The van der Waals surface area contributed by atoms with Crippen molar-refractivity contribution < 1.29 is 23.7 Å². The monoisotopic (exact) mass is 520 g/mol. The van der Waals surface area contributed by atoms with E-state index in [2.05, 4.69) is 20.8 Å². The zero-order valence-corrected chi connectivity index (χ0v) is 23.5. The number of benzene rings is 2. The molecule has 0 bridgehead atoms. The van der Waals surface area contributed by atoms with Gasteiger partial charge in [-0.2, -0.15) is 0 Å². The molecule has 0 N–H and O–H groups in total. The molecule has 0 aliphatic rings. The Hall–Kier alpha value is -2.14. The first kappa shape index (κ1) is 30.1. The predicted octanol–water partition coefficient (Wildman–Crippen LogP) is 9.30. The maximum atomic E-state index is 12.7. The number of unbranched alkanes of at least 4 members (excludes halogenated alkanes) is 7. The van der Waals surface area contributed by atoms with E-state index in [1.165, 1.54) is 6.42 Å². The molecule has 0 heterocycles. The van der Waals surface area contributed by atoms with Crippen LogP contribution in [0.1, 0.15) is 105 Å². The Morgan fingerprint density at radius 3 is 1.78 bits per heavy atom. The normalized spacial score (nSPS) is 11.0. The second-order valence-electron chi connectivity index (χ2n) is 9.22. The van der Waals surface area contributed by atoms with Crippen molar-refractivity contribution in [2.75, 3.05) is 19.8 Å². The number of carbonyl (C=O) groups is 1. The highest BCUT2D eigenvalue weighted by Crippen LogP contribution is 2.53. The van der Waals surface area contributed by atoms with Crippen molar-refractivity contribution in [3.63, 3.8) is 0 Å². The highest BCUT2D eigenvalue weighted by Gasteiger charge is 2.27. The number of hydrogen-bond acceptors (Lipinski definition) is 5. The summed E-state index contributed by atoms with van der Waals surface area (Å²) < 4.78 is 25.0. The summed E-state index contributed by atoms with van der Waals surface area (Å²) in [6.07, 6.45) is 11.5. The maximum absolute atomic E-state index is 12.7. The fourth-order valence-corrected chi connectivity index (χ4v) is 4.27. The molecule has 0 fully saturated rings. The van der Waals surface area contributed by atoms with E-state index < -0.39 is 0 Å². The van der Waals surface area contributed by atoms with Gasteiger partial charge in [0.1, 0.15) is 0 Å². The van der Waals surface area contributed by atoms with Gasteiger partial charge < -0.3 is 18.9 Å². The van der Waals surface area contributed by atoms with Crippen LogP contribution in [0.15, 0.2) is 18.2 Å². The van der Waals surface area contributed by atoms with Gasteiger partial charge in [0.2, 0.25) is 11.5 Å². The van der Waals surface area contributed by atoms with Crippen molar-refractivity contribution in [3.05, 3.63) is 23.2 Å². The number of esters is 1. The van der Waals surface area contributed by atoms with E-state index in [9.17, 15) is 4.79 Å². The smallest absolute Gasteiger partial charge is 0.311 e. The van der Waals surface area contributed by atoms with Crippen LogP contribution in [0.5, 0.6) is 23.0 Å². The van der Waals surface area contributed by atoms with Gasteiger partial charge in [-0.15, -0.1) is 0 Å². The van der Waals surface area contributed by atoms with E-state index in [1.807, 2.05) is 25.1 Å². The van der Waals surface area contributed by atoms with Gasteiger partial charge in [-0.3, -0.25) is 4.79 Å². The second kappa shape index (κ2) is 17.3. The molecule has 0 spiro atoms. The van der Waals surface area contributed by atoms with Gasteiger partial charge in [0.15, 0.2) is 11.5 Å². The maximum Gasteiger partial charge on any atom is 0.311 e. The van der Waals surface area contributed by atoms with Crippen molar-refractivity contribution in [1.29, 1.82) is 0 Å². The van der Waals surface area contributed by atoms with Crippen molar-refractivity contribution in [2.45, 2.75) is 105 Å². The summed E-state index contributed by atoms with van der Waals surface area (Å²) >= 11 is 6.73. The van der Waals surface area contributed by atoms with Crippen molar-refractivity contribution in [3.8, 4) is 23.0 Å². The Kier molecular flexibility index (Phi) is 14.5. The third kappa shape index (κ3) is 9.06. The number of halogens is 1. The molecule has 0 saturated carbocycles. The summed E-state index contributed by atoms with van der Waals surface area (Å²) in [4.78, 5) is 12.7. The second-order valence-corrected chi connectivity index (χ2v) is 9.63. The van der Waals surface area contributed by atoms with E-state index in [0.29, 0.717) is 71.5 Å². The molecule has 2 rings (SSSR count). The fourth-order valence-electron chi connectivity index (χ4n) is 4.01. The molecule has 202 valence electrons. The zero-order valence-electron chi connectivity index (χ0n) is 22.8. The molecule has 0 saturated heterocycles. The Balaban J connectivity index is 2.63. The molecule has 0 aliphatic carbocycles. The quantitative estimate of drug-likeness (QED) is 0.105. The standard InChI is InChI=1S/C30H45ClO5/c1-5-9-12-15-22-33-28-26-23(18-16-19-24(26)31)27(36-25(32)17-8-4)29(34-20-13-10-6-2)30(28)35-21-14-11-7-3/h16,18-19H,5-15,17,20-22H2,1-4H3. The average Bonchev–Trinajstić information content (AvgIpc) is 2.86. The molecule has 6 heteroatoms. The number of hydrogen-bond donors (Lipinski definition) is 0. The number of carbonyl (C=O) groups excluding carboxylic acids is 1. The van der Waals surface area contributed by atoms with Crippen LogP contribution in [0.3, 0.4) is 0 Å². The fraction of sp³-hybridized carbons (Fsp3) is 0.633. The molecular formula is C30H45ClO5. The van der Waals surface area contributed by atoms with Gasteiger partial charge in [0, 0.05) is 11.8 Å². The molecule has 2 aromatic rings. The van der Waals surface area contributed by atoms with E-state index in [0.717, 1.165) is 57.8 Å². The summed E-state index contributed by atoms with van der Waals surface area (Å²) in [7, 11) is 0. The van der Waals surface area contributed by atoms with Gasteiger partial charge in [-0.25, -0.2) is 0 Å². The van der Waals surface area contributed by atoms with Crippen LogP contribution in [0.2, 0.25) is 5.02 Å². The third-order valence-corrected chi connectivity index (χ3v) is 6.32. The topological polar surface area (TPSA) is 54.0 Å². The molecule has 36 heavy (non-hydrogen) atoms. The molecule has 0 unspecified atom stereocenters. The number of rotatable bonds is 19. The van der Waals surface area contributed by atoms with Crippen LogP contribution in [0, 0.1) is 0 Å². The highest BCUT2D eigenvalue weighted by atomic mass is 35.5. The molecule has 0 aromatic heterocycles. The lowest BCUT2D eigenvalue weighted by Crippen LogP contribution is -2.12. The van der Waals surface area contributed by atoms with Gasteiger partial charge in [-0.1, -0.05) is 96.4 Å². The zero-order chi connectivity index (χ0) is 26.2. The summed E-state index contributed by atoms with van der Waals surface area (Å²) in [5, 5.41) is 1.92. The predicted molar refractivity (Wildman–Crippen MR) is 149 cm³/mol. The minimum absolute atomic E-state index is 0.303. The minimum atomic E-state index is -0.303. The van der Waals surface area contributed by atoms with Crippen LogP contribution in [0.4, 0.5) is 0 Å². The summed E-state index contributed by atoms with van der Waals surface area (Å²) in [5.41, 5.74) is 0. The molecule has 0 amide bonds. The summed E-state index contributed by atoms with van der Waals surface area (Å²) in [6, 6.07) is 5.59. The Morgan fingerprint density at radius 2 is 1.19 bits per heavy atom. The molecule has 5 nitrogen and oxygen atoms in total. The van der Waals surface area contributed by atoms with Crippen LogP contribution >= 0.6 is 11.6 Å². The van der Waals surface area contributed by atoms with Gasteiger partial charge in [0.05, 0.1) is 30.2 Å². The van der Waals surface area contributed by atoms with Gasteiger partial charge >= 0.3 is 5.97 Å². The number of ether oxygens (including phenoxy) is 4. The average molecular weight is 521 g/mol. The third-order valence-electron chi connectivity index (χ3n) is 6.01. The summed E-state index contributed by atoms with van der Waals surface area (Å²) in [6.45, 7) is 10.0. The molecule has 0 aliphatic heterocycles. The van der Waals surface area contributed by atoms with E-state index >= 15 is 0 Å². The van der Waals surface area contributed by atoms with Gasteiger partial charge in [0.25, 0.3) is 0 Å². The van der Waals surface area contributed by atoms with E-state index in [-0.39, 0.29) is 5.97 Å². The highest BCUT2D eigenvalue weighted by molar-refractivity contribution is 6.36.